The summed E-state index contributed by atoms with van der Waals surface area (Å²) in [7, 11) is 1.50. The van der Waals surface area contributed by atoms with Crippen LogP contribution < -0.4 is 10.1 Å². The second kappa shape index (κ2) is 7.37. The molecule has 0 fully saturated rings. The van der Waals surface area contributed by atoms with Crippen LogP contribution in [0.25, 0.3) is 0 Å². The van der Waals surface area contributed by atoms with Crippen molar-refractivity contribution in [2.75, 3.05) is 13.7 Å². The molecule has 0 amide bonds. The summed E-state index contributed by atoms with van der Waals surface area (Å²) in [6.07, 6.45) is 2.21. The molecule has 102 valence electrons. The number of nitrogens with one attached hydrogen (secondary N) is 1. The van der Waals surface area contributed by atoms with E-state index in [4.69, 9.17) is 4.74 Å². The lowest BCUT2D eigenvalue weighted by atomic mass is 9.97. The first kappa shape index (κ1) is 15.0. The van der Waals surface area contributed by atoms with Crippen LogP contribution in [-0.2, 0) is 0 Å². The van der Waals surface area contributed by atoms with Crippen LogP contribution in [0.15, 0.2) is 18.2 Å². The van der Waals surface area contributed by atoms with Gasteiger partial charge in [-0.25, -0.2) is 4.39 Å². The minimum absolute atomic E-state index is 0.270. The van der Waals surface area contributed by atoms with Gasteiger partial charge in [-0.3, -0.25) is 0 Å². The Hall–Kier alpha value is -1.09. The van der Waals surface area contributed by atoms with Gasteiger partial charge in [0.15, 0.2) is 11.6 Å². The zero-order valence-corrected chi connectivity index (χ0v) is 11.8. The molecule has 0 radical (unpaired) electrons. The monoisotopic (exact) mass is 253 g/mol. The van der Waals surface area contributed by atoms with Gasteiger partial charge in [-0.1, -0.05) is 26.8 Å². The average Bonchev–Trinajstić information content (AvgIpc) is 2.35. The van der Waals surface area contributed by atoms with Gasteiger partial charge in [-0.15, -0.1) is 0 Å². The second-order valence-electron chi connectivity index (χ2n) is 4.98. The van der Waals surface area contributed by atoms with Gasteiger partial charge in [-0.05, 0) is 43.0 Å². The molecular weight excluding hydrogens is 229 g/mol. The highest BCUT2D eigenvalue weighted by Gasteiger charge is 2.13. The standard InChI is InChI=1S/C15H24FNO/c1-5-17-14(9-6-11(2)3)12-7-8-13(16)15(10-12)18-4/h7-8,10-11,14,17H,5-6,9H2,1-4H3. The maximum atomic E-state index is 13.4. The van der Waals surface area contributed by atoms with Crippen molar-refractivity contribution in [1.82, 2.24) is 5.32 Å². The fourth-order valence-electron chi connectivity index (χ4n) is 2.03. The maximum Gasteiger partial charge on any atom is 0.165 e. The molecular formula is C15H24FNO. The van der Waals surface area contributed by atoms with Crippen molar-refractivity contribution in [2.24, 2.45) is 5.92 Å². The average molecular weight is 253 g/mol. The lowest BCUT2D eigenvalue weighted by Gasteiger charge is -2.20. The third-order valence-electron chi connectivity index (χ3n) is 3.06. The Labute approximate surface area is 110 Å². The molecule has 0 aliphatic rings. The number of hydrogen-bond acceptors (Lipinski definition) is 2. The highest BCUT2D eigenvalue weighted by molar-refractivity contribution is 5.32. The molecule has 18 heavy (non-hydrogen) atoms. The van der Waals surface area contributed by atoms with Crippen molar-refractivity contribution >= 4 is 0 Å². The van der Waals surface area contributed by atoms with Gasteiger partial charge >= 0.3 is 0 Å². The van der Waals surface area contributed by atoms with E-state index in [1.54, 1.807) is 6.07 Å². The van der Waals surface area contributed by atoms with E-state index in [-0.39, 0.29) is 11.9 Å². The van der Waals surface area contributed by atoms with Crippen LogP contribution in [-0.4, -0.2) is 13.7 Å². The summed E-state index contributed by atoms with van der Waals surface area (Å²) in [6.45, 7) is 7.42. The summed E-state index contributed by atoms with van der Waals surface area (Å²) in [6, 6.07) is 5.38. The van der Waals surface area contributed by atoms with Gasteiger partial charge in [0.25, 0.3) is 0 Å². The van der Waals surface area contributed by atoms with Gasteiger partial charge in [-0.2, -0.15) is 0 Å². The SMILES string of the molecule is CCNC(CCC(C)C)c1ccc(F)c(OC)c1. The van der Waals surface area contributed by atoms with Crippen LogP contribution in [0, 0.1) is 11.7 Å². The van der Waals surface area contributed by atoms with E-state index in [9.17, 15) is 4.39 Å². The zero-order valence-electron chi connectivity index (χ0n) is 11.8. The van der Waals surface area contributed by atoms with Crippen LogP contribution in [0.1, 0.15) is 45.2 Å². The third-order valence-corrected chi connectivity index (χ3v) is 3.06. The predicted molar refractivity (Wildman–Crippen MR) is 73.4 cm³/mol. The van der Waals surface area contributed by atoms with Crippen molar-refractivity contribution in [1.29, 1.82) is 0 Å². The number of methoxy groups -OCH3 is 1. The Balaban J connectivity index is 2.83. The largest absolute Gasteiger partial charge is 0.494 e. The summed E-state index contributed by atoms with van der Waals surface area (Å²) >= 11 is 0. The fourth-order valence-corrected chi connectivity index (χ4v) is 2.03. The van der Waals surface area contributed by atoms with Gasteiger partial charge in [0.2, 0.25) is 0 Å². The van der Waals surface area contributed by atoms with Crippen LogP contribution in [0.5, 0.6) is 5.75 Å². The lowest BCUT2D eigenvalue weighted by molar-refractivity contribution is 0.383. The quantitative estimate of drug-likeness (QED) is 0.795. The van der Waals surface area contributed by atoms with Gasteiger partial charge in [0.1, 0.15) is 0 Å². The third kappa shape index (κ3) is 4.30. The molecule has 1 aromatic carbocycles. The summed E-state index contributed by atoms with van der Waals surface area (Å²) in [4.78, 5) is 0. The Kier molecular flexibility index (Phi) is 6.13. The molecule has 1 rings (SSSR count). The van der Waals surface area contributed by atoms with Crippen LogP contribution in [0.3, 0.4) is 0 Å². The normalized spacial score (nSPS) is 12.8. The Morgan fingerprint density at radius 1 is 1.28 bits per heavy atom. The smallest absolute Gasteiger partial charge is 0.165 e. The predicted octanol–water partition coefficient (Wildman–Crippen LogP) is 3.92. The highest BCUT2D eigenvalue weighted by atomic mass is 19.1. The molecule has 0 bridgehead atoms. The highest BCUT2D eigenvalue weighted by Crippen LogP contribution is 2.26. The molecule has 0 saturated carbocycles. The van der Waals surface area contributed by atoms with Gasteiger partial charge < -0.3 is 10.1 Å². The Bertz CT molecular complexity index is 366. The Morgan fingerprint density at radius 2 is 2.00 bits per heavy atom. The summed E-state index contributed by atoms with van der Waals surface area (Å²) < 4.78 is 18.4. The van der Waals surface area contributed by atoms with E-state index in [1.807, 2.05) is 6.07 Å². The summed E-state index contributed by atoms with van der Waals surface area (Å²) in [5.74, 6) is 0.689. The Morgan fingerprint density at radius 3 is 2.56 bits per heavy atom. The number of rotatable bonds is 7. The molecule has 3 heteroatoms. The minimum Gasteiger partial charge on any atom is -0.494 e. The lowest BCUT2D eigenvalue weighted by Crippen LogP contribution is -2.21. The molecule has 0 spiro atoms. The van der Waals surface area contributed by atoms with Crippen molar-refractivity contribution in [2.45, 2.75) is 39.7 Å². The number of halogens is 1. The molecule has 1 aromatic rings. The van der Waals surface area contributed by atoms with E-state index in [1.165, 1.54) is 13.2 Å². The van der Waals surface area contributed by atoms with Crippen molar-refractivity contribution < 1.29 is 9.13 Å². The van der Waals surface area contributed by atoms with E-state index in [0.717, 1.165) is 24.9 Å². The van der Waals surface area contributed by atoms with E-state index >= 15 is 0 Å². The molecule has 0 heterocycles. The van der Waals surface area contributed by atoms with E-state index in [0.29, 0.717) is 11.7 Å². The van der Waals surface area contributed by atoms with E-state index in [2.05, 4.69) is 26.1 Å². The molecule has 0 aromatic heterocycles. The molecule has 1 atom stereocenters. The summed E-state index contributed by atoms with van der Waals surface area (Å²) in [5, 5.41) is 3.45. The first-order valence-corrected chi connectivity index (χ1v) is 6.65. The fraction of sp³-hybridized carbons (Fsp3) is 0.600. The van der Waals surface area contributed by atoms with Gasteiger partial charge in [0.05, 0.1) is 7.11 Å². The maximum absolute atomic E-state index is 13.4. The van der Waals surface area contributed by atoms with Crippen LogP contribution in [0.2, 0.25) is 0 Å². The molecule has 2 nitrogen and oxygen atoms in total. The number of ether oxygens (including phenoxy) is 1. The van der Waals surface area contributed by atoms with Gasteiger partial charge in [0, 0.05) is 6.04 Å². The molecule has 1 unspecified atom stereocenters. The first-order valence-electron chi connectivity index (χ1n) is 6.65. The van der Waals surface area contributed by atoms with Crippen LogP contribution >= 0.6 is 0 Å². The second-order valence-corrected chi connectivity index (χ2v) is 4.98. The molecule has 0 saturated heterocycles. The van der Waals surface area contributed by atoms with Crippen LogP contribution in [0.4, 0.5) is 4.39 Å². The molecule has 1 N–H and O–H groups in total. The first-order chi connectivity index (χ1) is 8.58. The topological polar surface area (TPSA) is 21.3 Å². The number of hydrogen-bond donors (Lipinski definition) is 1. The number of benzene rings is 1. The molecule has 0 aliphatic carbocycles. The molecule has 0 aliphatic heterocycles. The van der Waals surface area contributed by atoms with E-state index < -0.39 is 0 Å². The minimum atomic E-state index is -0.305. The van der Waals surface area contributed by atoms with Crippen molar-refractivity contribution in [3.63, 3.8) is 0 Å². The van der Waals surface area contributed by atoms with Crippen molar-refractivity contribution in [3.8, 4) is 5.75 Å². The van der Waals surface area contributed by atoms with Crippen molar-refractivity contribution in [3.05, 3.63) is 29.6 Å². The summed E-state index contributed by atoms with van der Waals surface area (Å²) in [5.41, 5.74) is 1.09. The zero-order chi connectivity index (χ0) is 13.5.